The van der Waals surface area contributed by atoms with Gasteiger partial charge in [-0.3, -0.25) is 10.1 Å². The van der Waals surface area contributed by atoms with Crippen molar-refractivity contribution in [2.45, 2.75) is 6.54 Å². The second-order valence-electron chi connectivity index (χ2n) is 4.07. The van der Waals surface area contributed by atoms with Crippen LogP contribution in [-0.2, 0) is 11.3 Å². The quantitative estimate of drug-likeness (QED) is 0.517. The fraction of sp³-hybridized carbons (Fsp3) is 0.154. The van der Waals surface area contributed by atoms with Crippen molar-refractivity contribution in [2.24, 2.45) is 0 Å². The molecule has 1 heterocycles. The maximum Gasteiger partial charge on any atom is 0.341 e. The first-order chi connectivity index (χ1) is 10.0. The Bertz CT molecular complexity index is 683. The molecule has 21 heavy (non-hydrogen) atoms. The minimum Gasteiger partial charge on any atom is -0.467 e. The van der Waals surface area contributed by atoms with Crippen molar-refractivity contribution >= 4 is 28.9 Å². The molecule has 0 saturated heterocycles. The predicted molar refractivity (Wildman–Crippen MR) is 75.5 cm³/mol. The molecule has 8 heteroatoms. The highest BCUT2D eigenvalue weighted by atomic mass is 35.5. The standard InChI is InChI=1S/C13H11ClN2O5/c1-20-13(17)8-4-10(21-7-8)6-15-11-3-2-9(14)5-12(11)16(18)19/h2-5,7,15H,6H2,1H3. The molecule has 0 aliphatic carbocycles. The van der Waals surface area contributed by atoms with Gasteiger partial charge in [0.05, 0.1) is 24.1 Å². The van der Waals surface area contributed by atoms with Gasteiger partial charge >= 0.3 is 5.97 Å². The van der Waals surface area contributed by atoms with Crippen molar-refractivity contribution in [1.82, 2.24) is 0 Å². The van der Waals surface area contributed by atoms with E-state index in [0.29, 0.717) is 11.4 Å². The number of ether oxygens (including phenoxy) is 1. The molecule has 0 fully saturated rings. The van der Waals surface area contributed by atoms with Crippen LogP contribution in [0, 0.1) is 10.1 Å². The van der Waals surface area contributed by atoms with E-state index in [1.165, 1.54) is 31.6 Å². The summed E-state index contributed by atoms with van der Waals surface area (Å²) in [5, 5.41) is 14.1. The van der Waals surface area contributed by atoms with Crippen molar-refractivity contribution in [1.29, 1.82) is 0 Å². The zero-order valence-corrected chi connectivity index (χ0v) is 11.7. The summed E-state index contributed by atoms with van der Waals surface area (Å²) in [6.45, 7) is 0.180. The summed E-state index contributed by atoms with van der Waals surface area (Å²) >= 11 is 5.73. The summed E-state index contributed by atoms with van der Waals surface area (Å²) in [7, 11) is 1.27. The van der Waals surface area contributed by atoms with Gasteiger partial charge in [-0.2, -0.15) is 0 Å². The average Bonchev–Trinajstić information content (AvgIpc) is 2.93. The number of methoxy groups -OCH3 is 1. The Morgan fingerprint density at radius 2 is 2.24 bits per heavy atom. The van der Waals surface area contributed by atoms with Gasteiger partial charge in [-0.05, 0) is 18.2 Å². The lowest BCUT2D eigenvalue weighted by Gasteiger charge is -2.05. The minimum atomic E-state index is -0.532. The number of anilines is 1. The number of esters is 1. The summed E-state index contributed by atoms with van der Waals surface area (Å²) in [6, 6.07) is 5.80. The molecule has 0 atom stereocenters. The number of hydrogen-bond acceptors (Lipinski definition) is 6. The molecule has 1 aromatic carbocycles. The molecule has 0 unspecified atom stereocenters. The summed E-state index contributed by atoms with van der Waals surface area (Å²) in [4.78, 5) is 21.7. The van der Waals surface area contributed by atoms with Crippen molar-refractivity contribution < 1.29 is 18.9 Å². The third kappa shape index (κ3) is 3.51. The van der Waals surface area contributed by atoms with Gasteiger partial charge in [0.15, 0.2) is 0 Å². The van der Waals surface area contributed by atoms with Crippen LogP contribution in [0.1, 0.15) is 16.1 Å². The highest BCUT2D eigenvalue weighted by Crippen LogP contribution is 2.28. The first-order valence-corrected chi connectivity index (χ1v) is 6.22. The minimum absolute atomic E-state index is 0.137. The van der Waals surface area contributed by atoms with Crippen molar-refractivity contribution in [3.63, 3.8) is 0 Å². The van der Waals surface area contributed by atoms with Gasteiger partial charge in [0.25, 0.3) is 5.69 Å². The Morgan fingerprint density at radius 3 is 2.90 bits per heavy atom. The van der Waals surface area contributed by atoms with Crippen molar-refractivity contribution in [3.05, 3.63) is 57.0 Å². The summed E-state index contributed by atoms with van der Waals surface area (Å²) in [6.07, 6.45) is 1.26. The van der Waals surface area contributed by atoms with Gasteiger partial charge in [-0.1, -0.05) is 11.6 Å². The fourth-order valence-electron chi connectivity index (χ4n) is 1.69. The van der Waals surface area contributed by atoms with Crippen LogP contribution in [0.4, 0.5) is 11.4 Å². The smallest absolute Gasteiger partial charge is 0.341 e. The number of nitrogens with one attached hydrogen (secondary N) is 1. The summed E-state index contributed by atoms with van der Waals surface area (Å²) in [5.74, 6) is -0.0675. The zero-order valence-electron chi connectivity index (χ0n) is 11.0. The molecule has 110 valence electrons. The molecule has 0 spiro atoms. The van der Waals surface area contributed by atoms with E-state index < -0.39 is 10.9 Å². The third-order valence-electron chi connectivity index (χ3n) is 2.68. The van der Waals surface area contributed by atoms with E-state index in [2.05, 4.69) is 10.1 Å². The number of benzene rings is 1. The van der Waals surface area contributed by atoms with E-state index in [0.717, 1.165) is 0 Å². The molecule has 0 aliphatic rings. The topological polar surface area (TPSA) is 94.6 Å². The van der Waals surface area contributed by atoms with E-state index in [1.54, 1.807) is 6.07 Å². The lowest BCUT2D eigenvalue weighted by atomic mass is 10.2. The van der Waals surface area contributed by atoms with Crippen LogP contribution in [0.25, 0.3) is 0 Å². The highest BCUT2D eigenvalue weighted by Gasteiger charge is 2.15. The van der Waals surface area contributed by atoms with Crippen LogP contribution >= 0.6 is 11.6 Å². The number of nitrogens with zero attached hydrogens (tertiary/aromatic N) is 1. The highest BCUT2D eigenvalue weighted by molar-refractivity contribution is 6.30. The fourth-order valence-corrected chi connectivity index (χ4v) is 1.85. The SMILES string of the molecule is COC(=O)c1coc(CNc2ccc(Cl)cc2[N+](=O)[O-])c1. The second kappa shape index (κ2) is 6.27. The van der Waals surface area contributed by atoms with E-state index in [4.69, 9.17) is 16.0 Å². The molecule has 1 N–H and O–H groups in total. The van der Waals surface area contributed by atoms with Gasteiger partial charge in [0, 0.05) is 11.1 Å². The molecule has 2 aromatic rings. The Labute approximate surface area is 124 Å². The van der Waals surface area contributed by atoms with Gasteiger partial charge in [-0.25, -0.2) is 4.79 Å². The lowest BCUT2D eigenvalue weighted by Crippen LogP contribution is -2.02. The largest absolute Gasteiger partial charge is 0.467 e. The number of nitro benzene ring substituents is 1. The Morgan fingerprint density at radius 1 is 1.48 bits per heavy atom. The first-order valence-electron chi connectivity index (χ1n) is 5.85. The first kappa shape index (κ1) is 14.9. The normalized spacial score (nSPS) is 10.2. The molecule has 0 radical (unpaired) electrons. The number of rotatable bonds is 5. The molecule has 1 aromatic heterocycles. The van der Waals surface area contributed by atoms with Gasteiger partial charge in [0.2, 0.25) is 0 Å². The van der Waals surface area contributed by atoms with E-state index in [-0.39, 0.29) is 22.8 Å². The Kier molecular flexibility index (Phi) is 4.44. The Balaban J connectivity index is 2.11. The number of furan rings is 1. The molecule has 2 rings (SSSR count). The van der Waals surface area contributed by atoms with Gasteiger partial charge < -0.3 is 14.5 Å². The lowest BCUT2D eigenvalue weighted by molar-refractivity contribution is -0.383. The molecular formula is C13H11ClN2O5. The maximum atomic E-state index is 11.3. The van der Waals surface area contributed by atoms with Crippen LogP contribution in [0.15, 0.2) is 34.9 Å². The number of carbonyl (C=O) groups excluding carboxylic acids is 1. The second-order valence-corrected chi connectivity index (χ2v) is 4.50. The molecule has 0 aliphatic heterocycles. The number of hydrogen-bond donors (Lipinski definition) is 1. The van der Waals surface area contributed by atoms with Crippen molar-refractivity contribution in [2.75, 3.05) is 12.4 Å². The van der Waals surface area contributed by atoms with Crippen molar-refractivity contribution in [3.8, 4) is 0 Å². The Hall–Kier alpha value is -2.54. The van der Waals surface area contributed by atoms with Gasteiger partial charge in [0.1, 0.15) is 17.7 Å². The third-order valence-corrected chi connectivity index (χ3v) is 2.92. The van der Waals surface area contributed by atoms with Crippen LogP contribution in [0.3, 0.4) is 0 Å². The van der Waals surface area contributed by atoms with Crippen LogP contribution in [0.5, 0.6) is 0 Å². The molecule has 0 bridgehead atoms. The number of nitro groups is 1. The van der Waals surface area contributed by atoms with E-state index >= 15 is 0 Å². The average molecular weight is 311 g/mol. The zero-order chi connectivity index (χ0) is 15.4. The molecule has 0 saturated carbocycles. The van der Waals surface area contributed by atoms with Crippen LogP contribution in [0.2, 0.25) is 5.02 Å². The molecule has 0 amide bonds. The van der Waals surface area contributed by atoms with Crippen LogP contribution < -0.4 is 5.32 Å². The maximum absolute atomic E-state index is 11.3. The van der Waals surface area contributed by atoms with E-state index in [9.17, 15) is 14.9 Å². The summed E-state index contributed by atoms with van der Waals surface area (Å²) in [5.41, 5.74) is 0.447. The summed E-state index contributed by atoms with van der Waals surface area (Å²) < 4.78 is 9.73. The predicted octanol–water partition coefficient (Wildman–Crippen LogP) is 3.24. The van der Waals surface area contributed by atoms with Crippen LogP contribution in [-0.4, -0.2) is 18.0 Å². The van der Waals surface area contributed by atoms with Gasteiger partial charge in [-0.15, -0.1) is 0 Å². The molecule has 7 nitrogen and oxygen atoms in total. The molecular weight excluding hydrogens is 300 g/mol. The number of carbonyl (C=O) groups is 1. The number of halogens is 1. The van der Waals surface area contributed by atoms with E-state index in [1.807, 2.05) is 0 Å². The monoisotopic (exact) mass is 310 g/mol.